The highest BCUT2D eigenvalue weighted by atomic mass is 79.9. The minimum absolute atomic E-state index is 0.737. The van der Waals surface area contributed by atoms with E-state index in [1.165, 1.54) is 0 Å². The molecule has 0 spiro atoms. The van der Waals surface area contributed by atoms with Gasteiger partial charge in [0.15, 0.2) is 0 Å². The van der Waals surface area contributed by atoms with Crippen LogP contribution in [0.3, 0.4) is 0 Å². The first-order valence-corrected chi connectivity index (χ1v) is 5.54. The molecule has 0 unspecified atom stereocenters. The zero-order chi connectivity index (χ0) is 8.97. The molecule has 1 heterocycles. The van der Waals surface area contributed by atoms with Crippen LogP contribution < -0.4 is 0 Å². The van der Waals surface area contributed by atoms with Crippen LogP contribution in [-0.4, -0.2) is 10.7 Å². The Hall–Kier alpha value is 0.200. The highest BCUT2D eigenvalue weighted by molar-refractivity contribution is 9.11. The summed E-state index contributed by atoms with van der Waals surface area (Å²) >= 11 is 10.9. The molecule has 0 fully saturated rings. The molecular weight excluding hydrogens is 302 g/mol. The average Bonchev–Trinajstić information content (AvgIpc) is 2.04. The van der Waals surface area contributed by atoms with Crippen LogP contribution in [0.15, 0.2) is 27.4 Å². The smallest absolute Gasteiger partial charge is 0.0442 e. The molecule has 4 heteroatoms. The Morgan fingerprint density at radius 2 is 1.92 bits per heavy atom. The summed E-state index contributed by atoms with van der Waals surface area (Å²) < 4.78 is 1.96. The van der Waals surface area contributed by atoms with Gasteiger partial charge in [-0.05, 0) is 31.9 Å². The molecule has 0 aliphatic heterocycles. The second-order valence-corrected chi connectivity index (χ2v) is 4.18. The first kappa shape index (κ1) is 10.3. The molecule has 12 heavy (non-hydrogen) atoms. The molecule has 0 bridgehead atoms. The fourth-order valence-electron chi connectivity index (χ4n) is 0.751. The van der Waals surface area contributed by atoms with Gasteiger partial charge in [0.1, 0.15) is 0 Å². The van der Waals surface area contributed by atoms with Crippen molar-refractivity contribution in [3.8, 4) is 0 Å². The van der Waals surface area contributed by atoms with Gasteiger partial charge >= 0.3 is 0 Å². The van der Waals surface area contributed by atoms with Crippen molar-refractivity contribution in [2.75, 3.05) is 5.75 Å². The van der Waals surface area contributed by atoms with E-state index in [4.69, 9.17) is 0 Å². The number of pyridine rings is 1. The summed E-state index contributed by atoms with van der Waals surface area (Å²) in [5, 5.41) is 0. The first-order chi connectivity index (χ1) is 5.75. The van der Waals surface area contributed by atoms with Gasteiger partial charge in [-0.2, -0.15) is 12.6 Å². The summed E-state index contributed by atoms with van der Waals surface area (Å²) in [6.07, 6.45) is 7.52. The van der Waals surface area contributed by atoms with Crippen molar-refractivity contribution >= 4 is 50.6 Å². The molecule has 0 radical (unpaired) electrons. The quantitative estimate of drug-likeness (QED) is 0.825. The Bertz CT molecular complexity index is 279. The van der Waals surface area contributed by atoms with E-state index in [1.54, 1.807) is 12.4 Å². The summed E-state index contributed by atoms with van der Waals surface area (Å²) in [5.74, 6) is 0.737. The van der Waals surface area contributed by atoms with Crippen LogP contribution in [0.5, 0.6) is 0 Å². The van der Waals surface area contributed by atoms with Crippen molar-refractivity contribution in [1.82, 2.24) is 4.98 Å². The predicted molar refractivity (Wildman–Crippen MR) is 62.5 cm³/mol. The van der Waals surface area contributed by atoms with Gasteiger partial charge in [0.2, 0.25) is 0 Å². The fraction of sp³-hybridized carbons (Fsp3) is 0.125. The number of hydrogen-bond acceptors (Lipinski definition) is 2. The Balaban J connectivity index is 3.04. The molecule has 0 aliphatic rings. The third-order valence-electron chi connectivity index (χ3n) is 1.28. The van der Waals surface area contributed by atoms with Crippen LogP contribution in [0.1, 0.15) is 5.56 Å². The molecule has 1 rings (SSSR count). The number of rotatable bonds is 2. The van der Waals surface area contributed by atoms with Crippen molar-refractivity contribution in [2.24, 2.45) is 0 Å². The van der Waals surface area contributed by atoms with Crippen molar-refractivity contribution in [3.05, 3.63) is 33.0 Å². The maximum Gasteiger partial charge on any atom is 0.0442 e. The first-order valence-electron chi connectivity index (χ1n) is 3.32. The van der Waals surface area contributed by atoms with Crippen LogP contribution in [0.4, 0.5) is 0 Å². The Morgan fingerprint density at radius 3 is 2.42 bits per heavy atom. The second kappa shape index (κ2) is 5.04. The normalized spacial score (nSPS) is 10.9. The summed E-state index contributed by atoms with van der Waals surface area (Å²) in [6, 6.07) is 0. The third kappa shape index (κ3) is 2.61. The number of thiol groups is 1. The van der Waals surface area contributed by atoms with Gasteiger partial charge in [0.25, 0.3) is 0 Å². The molecule has 0 atom stereocenters. The van der Waals surface area contributed by atoms with Gasteiger partial charge in [0.05, 0.1) is 0 Å². The lowest BCUT2D eigenvalue weighted by Gasteiger charge is -1.99. The summed E-state index contributed by atoms with van der Waals surface area (Å²) in [6.45, 7) is 0. The van der Waals surface area contributed by atoms with E-state index in [1.807, 2.05) is 12.2 Å². The zero-order valence-electron chi connectivity index (χ0n) is 6.17. The molecule has 0 saturated carbocycles. The molecule has 1 aromatic rings. The largest absolute Gasteiger partial charge is 0.262 e. The van der Waals surface area contributed by atoms with Crippen molar-refractivity contribution in [1.29, 1.82) is 0 Å². The van der Waals surface area contributed by atoms with E-state index >= 15 is 0 Å². The monoisotopic (exact) mass is 307 g/mol. The van der Waals surface area contributed by atoms with Crippen molar-refractivity contribution in [2.45, 2.75) is 0 Å². The summed E-state index contributed by atoms with van der Waals surface area (Å²) in [5.41, 5.74) is 1.10. The van der Waals surface area contributed by atoms with Crippen molar-refractivity contribution < 1.29 is 0 Å². The Morgan fingerprint density at radius 1 is 1.33 bits per heavy atom. The van der Waals surface area contributed by atoms with Gasteiger partial charge in [-0.3, -0.25) is 4.98 Å². The molecule has 0 N–H and O–H groups in total. The maximum atomic E-state index is 4.09. The average molecular weight is 309 g/mol. The Labute approximate surface area is 93.9 Å². The number of nitrogens with zero attached hydrogens (tertiary/aromatic N) is 1. The van der Waals surface area contributed by atoms with Gasteiger partial charge in [0, 0.05) is 32.7 Å². The molecule has 64 valence electrons. The van der Waals surface area contributed by atoms with E-state index < -0.39 is 0 Å². The minimum atomic E-state index is 0.737. The molecular formula is C8H7Br2NS. The van der Waals surface area contributed by atoms with E-state index in [2.05, 4.69) is 49.5 Å². The minimum Gasteiger partial charge on any atom is -0.262 e. The molecule has 0 aliphatic carbocycles. The summed E-state index contributed by atoms with van der Waals surface area (Å²) in [4.78, 5) is 4.01. The van der Waals surface area contributed by atoms with E-state index in [-0.39, 0.29) is 0 Å². The van der Waals surface area contributed by atoms with Crippen LogP contribution in [-0.2, 0) is 0 Å². The standard InChI is InChI=1S/C8H7Br2NS/c9-7-4-11-5-8(10)6(7)2-1-3-12/h1-2,4-5,12H,3H2. The van der Waals surface area contributed by atoms with Crippen LogP contribution >= 0.6 is 44.5 Å². The van der Waals surface area contributed by atoms with Gasteiger partial charge in [-0.25, -0.2) is 0 Å². The van der Waals surface area contributed by atoms with Gasteiger partial charge in [-0.1, -0.05) is 12.2 Å². The highest BCUT2D eigenvalue weighted by Crippen LogP contribution is 2.24. The van der Waals surface area contributed by atoms with Crippen LogP contribution in [0, 0.1) is 0 Å². The molecule has 0 saturated heterocycles. The third-order valence-corrected chi connectivity index (χ3v) is 2.75. The van der Waals surface area contributed by atoms with Crippen LogP contribution in [0.25, 0.3) is 6.08 Å². The van der Waals surface area contributed by atoms with Gasteiger partial charge < -0.3 is 0 Å². The van der Waals surface area contributed by atoms with Gasteiger partial charge in [-0.15, -0.1) is 0 Å². The lowest BCUT2D eigenvalue weighted by atomic mass is 10.2. The molecule has 0 aromatic carbocycles. The maximum absolute atomic E-state index is 4.09. The predicted octanol–water partition coefficient (Wildman–Crippen LogP) is 3.55. The summed E-state index contributed by atoms with van der Waals surface area (Å²) in [7, 11) is 0. The second-order valence-electron chi connectivity index (χ2n) is 2.10. The van der Waals surface area contributed by atoms with E-state index in [0.29, 0.717) is 0 Å². The molecule has 0 amide bonds. The number of hydrogen-bond donors (Lipinski definition) is 1. The SMILES string of the molecule is SCC=Cc1c(Br)cncc1Br. The zero-order valence-corrected chi connectivity index (χ0v) is 10.2. The number of halogens is 2. The van der Waals surface area contributed by atoms with Crippen molar-refractivity contribution in [3.63, 3.8) is 0 Å². The van der Waals surface area contributed by atoms with E-state index in [9.17, 15) is 0 Å². The van der Waals surface area contributed by atoms with Crippen LogP contribution in [0.2, 0.25) is 0 Å². The lowest BCUT2D eigenvalue weighted by Crippen LogP contribution is -1.81. The number of aromatic nitrogens is 1. The highest BCUT2D eigenvalue weighted by Gasteiger charge is 1.99. The lowest BCUT2D eigenvalue weighted by molar-refractivity contribution is 1.28. The molecule has 1 aromatic heterocycles. The molecule has 1 nitrogen and oxygen atoms in total. The Kier molecular flexibility index (Phi) is 4.32. The topological polar surface area (TPSA) is 12.9 Å². The van der Waals surface area contributed by atoms with E-state index in [0.717, 1.165) is 20.3 Å². The fourth-order valence-corrected chi connectivity index (χ4v) is 2.05.